The van der Waals surface area contributed by atoms with E-state index in [2.05, 4.69) is 0 Å². The van der Waals surface area contributed by atoms with Gasteiger partial charge in [0.05, 0.1) is 5.56 Å². The predicted octanol–water partition coefficient (Wildman–Crippen LogP) is 3.41. The van der Waals surface area contributed by atoms with Crippen LogP contribution in [0.5, 0.6) is 5.75 Å². The summed E-state index contributed by atoms with van der Waals surface area (Å²) in [6, 6.07) is 11.0. The van der Waals surface area contributed by atoms with E-state index in [4.69, 9.17) is 9.84 Å². The van der Waals surface area contributed by atoms with Gasteiger partial charge in [-0.3, -0.25) is 0 Å². The average molecular weight is 260 g/mol. The number of hydrogen-bond donors (Lipinski definition) is 1. The number of aromatic carboxylic acids is 1. The molecule has 1 N–H and O–H groups in total. The fourth-order valence-electron chi connectivity index (χ4n) is 1.61. The Bertz CT molecular complexity index is 591. The summed E-state index contributed by atoms with van der Waals surface area (Å²) in [5, 5.41) is 8.85. The Hall–Kier alpha value is -2.36. The third-order valence-corrected chi connectivity index (χ3v) is 2.71. The van der Waals surface area contributed by atoms with Gasteiger partial charge in [0.1, 0.15) is 18.2 Å². The minimum atomic E-state index is -1.09. The molecule has 0 aliphatic heterocycles. The van der Waals surface area contributed by atoms with Crippen molar-refractivity contribution >= 4 is 5.97 Å². The van der Waals surface area contributed by atoms with Gasteiger partial charge in [0.15, 0.2) is 0 Å². The smallest absolute Gasteiger partial charge is 0.335 e. The van der Waals surface area contributed by atoms with Gasteiger partial charge in [0.25, 0.3) is 0 Å². The van der Waals surface area contributed by atoms with Crippen molar-refractivity contribution in [3.8, 4) is 5.75 Å². The van der Waals surface area contributed by atoms with Crippen LogP contribution in [0.1, 0.15) is 21.5 Å². The van der Waals surface area contributed by atoms with Crippen LogP contribution in [0.25, 0.3) is 0 Å². The highest BCUT2D eigenvalue weighted by Crippen LogP contribution is 2.16. The molecule has 4 heteroatoms. The summed E-state index contributed by atoms with van der Waals surface area (Å²) in [7, 11) is 0. The van der Waals surface area contributed by atoms with Crippen molar-refractivity contribution in [2.24, 2.45) is 0 Å². The van der Waals surface area contributed by atoms with E-state index in [0.29, 0.717) is 5.75 Å². The third kappa shape index (κ3) is 3.31. The monoisotopic (exact) mass is 260 g/mol. The molecular formula is C15H13FO3. The minimum Gasteiger partial charge on any atom is -0.489 e. The first-order chi connectivity index (χ1) is 9.06. The Kier molecular flexibility index (Phi) is 3.80. The number of aryl methyl sites for hydroxylation is 1. The van der Waals surface area contributed by atoms with Crippen molar-refractivity contribution < 1.29 is 19.0 Å². The molecule has 0 saturated heterocycles. The summed E-state index contributed by atoms with van der Waals surface area (Å²) in [4.78, 5) is 10.8. The largest absolute Gasteiger partial charge is 0.489 e. The van der Waals surface area contributed by atoms with E-state index in [9.17, 15) is 9.18 Å². The lowest BCUT2D eigenvalue weighted by molar-refractivity contribution is 0.0696. The highest BCUT2D eigenvalue weighted by Gasteiger charge is 2.09. The van der Waals surface area contributed by atoms with Crippen LogP contribution in [0.4, 0.5) is 4.39 Å². The predicted molar refractivity (Wildman–Crippen MR) is 68.9 cm³/mol. The topological polar surface area (TPSA) is 46.5 Å². The molecule has 3 nitrogen and oxygen atoms in total. The van der Waals surface area contributed by atoms with Crippen molar-refractivity contribution in [1.82, 2.24) is 0 Å². The van der Waals surface area contributed by atoms with Crippen molar-refractivity contribution in [1.29, 1.82) is 0 Å². The number of benzene rings is 2. The SMILES string of the molecule is Cc1ccc(OCc2cc(C(=O)O)ccc2F)cc1. The molecule has 2 aromatic rings. The number of ether oxygens (including phenoxy) is 1. The molecule has 0 spiro atoms. The van der Waals surface area contributed by atoms with E-state index < -0.39 is 11.8 Å². The summed E-state index contributed by atoms with van der Waals surface area (Å²) < 4.78 is 19.0. The van der Waals surface area contributed by atoms with Crippen molar-refractivity contribution in [3.05, 3.63) is 65.0 Å². The number of carbonyl (C=O) groups is 1. The van der Waals surface area contributed by atoms with Crippen LogP contribution < -0.4 is 4.74 Å². The fraction of sp³-hybridized carbons (Fsp3) is 0.133. The molecule has 0 atom stereocenters. The van der Waals surface area contributed by atoms with Gasteiger partial charge in [-0.2, -0.15) is 0 Å². The van der Waals surface area contributed by atoms with E-state index >= 15 is 0 Å². The van der Waals surface area contributed by atoms with E-state index in [-0.39, 0.29) is 17.7 Å². The Labute approximate surface area is 110 Å². The number of hydrogen-bond acceptors (Lipinski definition) is 2. The molecule has 19 heavy (non-hydrogen) atoms. The summed E-state index contributed by atoms with van der Waals surface area (Å²) >= 11 is 0. The third-order valence-electron chi connectivity index (χ3n) is 2.71. The van der Waals surface area contributed by atoms with E-state index in [0.717, 1.165) is 11.6 Å². The van der Waals surface area contributed by atoms with Gasteiger partial charge in [0, 0.05) is 5.56 Å². The van der Waals surface area contributed by atoms with Gasteiger partial charge in [-0.1, -0.05) is 17.7 Å². The molecule has 0 aliphatic rings. The molecule has 0 aliphatic carbocycles. The zero-order chi connectivity index (χ0) is 13.8. The first kappa shape index (κ1) is 13.1. The summed E-state index contributed by atoms with van der Waals surface area (Å²) in [5.74, 6) is -0.945. The lowest BCUT2D eigenvalue weighted by Gasteiger charge is -2.08. The van der Waals surface area contributed by atoms with E-state index in [1.54, 1.807) is 12.1 Å². The lowest BCUT2D eigenvalue weighted by Crippen LogP contribution is -2.03. The van der Waals surface area contributed by atoms with Gasteiger partial charge in [-0.05, 0) is 37.3 Å². The van der Waals surface area contributed by atoms with Crippen LogP contribution >= 0.6 is 0 Å². The Balaban J connectivity index is 2.12. The van der Waals surface area contributed by atoms with Crippen LogP contribution in [-0.4, -0.2) is 11.1 Å². The van der Waals surface area contributed by atoms with E-state index in [1.165, 1.54) is 12.1 Å². The molecule has 0 aromatic heterocycles. The van der Waals surface area contributed by atoms with E-state index in [1.807, 2.05) is 19.1 Å². The van der Waals surface area contributed by atoms with Gasteiger partial charge < -0.3 is 9.84 Å². The summed E-state index contributed by atoms with van der Waals surface area (Å²) in [5.41, 5.74) is 1.37. The van der Waals surface area contributed by atoms with Crippen molar-refractivity contribution in [2.75, 3.05) is 0 Å². The second-order valence-corrected chi connectivity index (χ2v) is 4.21. The van der Waals surface area contributed by atoms with Crippen LogP contribution in [0, 0.1) is 12.7 Å². The second-order valence-electron chi connectivity index (χ2n) is 4.21. The fourth-order valence-corrected chi connectivity index (χ4v) is 1.61. The first-order valence-electron chi connectivity index (χ1n) is 5.77. The second kappa shape index (κ2) is 5.52. The van der Waals surface area contributed by atoms with Gasteiger partial charge in [-0.25, -0.2) is 9.18 Å². The molecule has 0 amide bonds. The maximum absolute atomic E-state index is 13.5. The number of carboxylic acid groups (broad SMARTS) is 1. The van der Waals surface area contributed by atoms with Crippen LogP contribution in [-0.2, 0) is 6.61 Å². The van der Waals surface area contributed by atoms with Crippen molar-refractivity contribution in [3.63, 3.8) is 0 Å². The van der Waals surface area contributed by atoms with Crippen LogP contribution in [0.15, 0.2) is 42.5 Å². The average Bonchev–Trinajstić information content (AvgIpc) is 2.39. The molecule has 2 rings (SSSR count). The Morgan fingerprint density at radius 1 is 1.21 bits per heavy atom. The highest BCUT2D eigenvalue weighted by atomic mass is 19.1. The standard InChI is InChI=1S/C15H13FO3/c1-10-2-5-13(6-3-10)19-9-12-8-11(15(17)18)4-7-14(12)16/h2-8H,9H2,1H3,(H,17,18). The lowest BCUT2D eigenvalue weighted by atomic mass is 10.1. The van der Waals surface area contributed by atoms with Crippen molar-refractivity contribution in [2.45, 2.75) is 13.5 Å². The normalized spacial score (nSPS) is 10.2. The summed E-state index contributed by atoms with van der Waals surface area (Å²) in [6.45, 7) is 1.95. The molecule has 0 unspecified atom stereocenters. The van der Waals surface area contributed by atoms with Crippen LogP contribution in [0.2, 0.25) is 0 Å². The number of rotatable bonds is 4. The Morgan fingerprint density at radius 3 is 2.53 bits per heavy atom. The van der Waals surface area contributed by atoms with Crippen LogP contribution in [0.3, 0.4) is 0 Å². The molecule has 0 bridgehead atoms. The minimum absolute atomic E-state index is 0.00395. The molecule has 0 radical (unpaired) electrons. The maximum atomic E-state index is 13.5. The molecule has 2 aromatic carbocycles. The first-order valence-corrected chi connectivity index (χ1v) is 5.77. The summed E-state index contributed by atoms with van der Waals surface area (Å²) in [6.07, 6.45) is 0. The number of halogens is 1. The van der Waals surface area contributed by atoms with Gasteiger partial charge in [-0.15, -0.1) is 0 Å². The molecular weight excluding hydrogens is 247 g/mol. The Morgan fingerprint density at radius 2 is 1.89 bits per heavy atom. The van der Waals surface area contributed by atoms with Gasteiger partial charge in [0.2, 0.25) is 0 Å². The zero-order valence-electron chi connectivity index (χ0n) is 10.4. The quantitative estimate of drug-likeness (QED) is 0.916. The van der Waals surface area contributed by atoms with Gasteiger partial charge >= 0.3 is 5.97 Å². The molecule has 98 valence electrons. The number of carboxylic acids is 1. The zero-order valence-corrected chi connectivity index (χ0v) is 10.4. The maximum Gasteiger partial charge on any atom is 0.335 e. The highest BCUT2D eigenvalue weighted by molar-refractivity contribution is 5.87. The molecule has 0 heterocycles. The molecule has 0 fully saturated rings. The molecule has 0 saturated carbocycles.